The molecule has 1 fully saturated rings. The zero-order valence-corrected chi connectivity index (χ0v) is 9.85. The number of nitrogens with zero attached hydrogens (tertiary/aromatic N) is 1. The van der Waals surface area contributed by atoms with Crippen LogP contribution in [0.15, 0.2) is 0 Å². The van der Waals surface area contributed by atoms with Gasteiger partial charge >= 0.3 is 0 Å². The van der Waals surface area contributed by atoms with Gasteiger partial charge in [-0.05, 0) is 24.0 Å². The predicted molar refractivity (Wildman–Crippen MR) is 59.7 cm³/mol. The number of carbonyl (C=O) groups is 1. The molecule has 0 N–H and O–H groups in total. The molecule has 0 heterocycles. The largest absolute Gasteiger partial charge is 0.383 e. The average molecular weight is 217 g/mol. The van der Waals surface area contributed by atoms with Gasteiger partial charge in [0.15, 0.2) is 0 Å². The van der Waals surface area contributed by atoms with Crippen molar-refractivity contribution in [3.05, 3.63) is 0 Å². The Bertz CT molecular complexity index is 204. The predicted octanol–water partition coefficient (Wildman–Crippen LogP) is 1.19. The first kappa shape index (κ1) is 11.9. The van der Waals surface area contributed by atoms with E-state index in [1.54, 1.807) is 12.0 Å². The molecule has 0 atom stereocenters. The molecule has 1 saturated carbocycles. The lowest BCUT2D eigenvalue weighted by Gasteiger charge is -2.19. The first-order valence-electron chi connectivity index (χ1n) is 4.97. The molecule has 4 heteroatoms. The van der Waals surface area contributed by atoms with Crippen molar-refractivity contribution < 1.29 is 9.53 Å². The SMILES string of the molecule is COCCN(C)C(=O)CC1(CS)CC1. The van der Waals surface area contributed by atoms with E-state index in [2.05, 4.69) is 12.6 Å². The second-order valence-corrected chi connectivity index (χ2v) is 4.46. The normalized spacial score (nSPS) is 17.9. The highest BCUT2D eigenvalue weighted by atomic mass is 32.1. The number of hydrogen-bond donors (Lipinski definition) is 1. The van der Waals surface area contributed by atoms with Crippen LogP contribution in [-0.4, -0.2) is 43.9 Å². The van der Waals surface area contributed by atoms with Gasteiger partial charge in [-0.3, -0.25) is 4.79 Å². The molecule has 1 amide bonds. The fourth-order valence-electron chi connectivity index (χ4n) is 1.38. The molecule has 1 aliphatic carbocycles. The summed E-state index contributed by atoms with van der Waals surface area (Å²) in [4.78, 5) is 13.4. The maximum Gasteiger partial charge on any atom is 0.222 e. The van der Waals surface area contributed by atoms with Crippen molar-refractivity contribution >= 4 is 18.5 Å². The van der Waals surface area contributed by atoms with Gasteiger partial charge in [0.25, 0.3) is 0 Å². The molecule has 1 rings (SSSR count). The van der Waals surface area contributed by atoms with Crippen molar-refractivity contribution in [2.24, 2.45) is 5.41 Å². The summed E-state index contributed by atoms with van der Waals surface area (Å²) in [7, 11) is 3.48. The number of amides is 1. The number of methoxy groups -OCH3 is 1. The van der Waals surface area contributed by atoms with Gasteiger partial charge in [0.05, 0.1) is 6.61 Å². The van der Waals surface area contributed by atoms with Gasteiger partial charge in [0.1, 0.15) is 0 Å². The molecule has 0 aliphatic heterocycles. The second kappa shape index (κ2) is 5.03. The quantitative estimate of drug-likeness (QED) is 0.677. The number of rotatable bonds is 6. The van der Waals surface area contributed by atoms with Gasteiger partial charge in [-0.15, -0.1) is 0 Å². The molecule has 0 spiro atoms. The zero-order valence-electron chi connectivity index (χ0n) is 8.95. The van der Waals surface area contributed by atoms with Gasteiger partial charge < -0.3 is 9.64 Å². The Morgan fingerprint density at radius 2 is 2.21 bits per heavy atom. The summed E-state index contributed by atoms with van der Waals surface area (Å²) in [5.41, 5.74) is 0.224. The second-order valence-electron chi connectivity index (χ2n) is 4.14. The Kier molecular flexibility index (Phi) is 4.26. The fraction of sp³-hybridized carbons (Fsp3) is 0.900. The van der Waals surface area contributed by atoms with Crippen molar-refractivity contribution in [1.29, 1.82) is 0 Å². The van der Waals surface area contributed by atoms with Crippen molar-refractivity contribution in [1.82, 2.24) is 4.90 Å². The van der Waals surface area contributed by atoms with Crippen LogP contribution in [0.4, 0.5) is 0 Å². The van der Waals surface area contributed by atoms with Crippen LogP contribution >= 0.6 is 12.6 Å². The molecule has 0 saturated heterocycles. The number of thiol groups is 1. The van der Waals surface area contributed by atoms with Gasteiger partial charge in [-0.25, -0.2) is 0 Å². The third kappa shape index (κ3) is 3.17. The van der Waals surface area contributed by atoms with Crippen LogP contribution in [0.1, 0.15) is 19.3 Å². The molecule has 82 valence electrons. The molecule has 14 heavy (non-hydrogen) atoms. The number of ether oxygens (including phenoxy) is 1. The lowest BCUT2D eigenvalue weighted by molar-refractivity contribution is -0.131. The van der Waals surface area contributed by atoms with Crippen LogP contribution in [0.25, 0.3) is 0 Å². The zero-order chi connectivity index (χ0) is 10.6. The molecule has 3 nitrogen and oxygen atoms in total. The summed E-state index contributed by atoms with van der Waals surface area (Å²) < 4.78 is 4.93. The van der Waals surface area contributed by atoms with Crippen molar-refractivity contribution in [2.45, 2.75) is 19.3 Å². The molecule has 0 aromatic heterocycles. The fourth-order valence-corrected chi connectivity index (χ4v) is 1.80. The minimum Gasteiger partial charge on any atom is -0.383 e. The third-order valence-electron chi connectivity index (χ3n) is 2.88. The first-order valence-corrected chi connectivity index (χ1v) is 5.60. The molecule has 0 radical (unpaired) electrons. The Morgan fingerprint density at radius 1 is 1.57 bits per heavy atom. The third-order valence-corrected chi connectivity index (χ3v) is 3.55. The Balaban J connectivity index is 2.27. The summed E-state index contributed by atoms with van der Waals surface area (Å²) in [5, 5.41) is 0. The smallest absolute Gasteiger partial charge is 0.222 e. The maximum absolute atomic E-state index is 11.7. The van der Waals surface area contributed by atoms with E-state index in [0.29, 0.717) is 19.6 Å². The summed E-state index contributed by atoms with van der Waals surface area (Å²) in [6, 6.07) is 0. The number of likely N-dealkylation sites (N-methyl/N-ethyl adjacent to an activating group) is 1. The topological polar surface area (TPSA) is 29.5 Å². The van der Waals surface area contributed by atoms with Crippen LogP contribution in [0.3, 0.4) is 0 Å². The summed E-state index contributed by atoms with van der Waals surface area (Å²) in [6.07, 6.45) is 2.96. The summed E-state index contributed by atoms with van der Waals surface area (Å²) >= 11 is 4.28. The first-order chi connectivity index (χ1) is 6.63. The molecule has 1 aliphatic rings. The highest BCUT2D eigenvalue weighted by Crippen LogP contribution is 2.49. The molecular weight excluding hydrogens is 198 g/mol. The Morgan fingerprint density at radius 3 is 2.64 bits per heavy atom. The highest BCUT2D eigenvalue weighted by Gasteiger charge is 2.43. The van der Waals surface area contributed by atoms with Crippen LogP contribution in [0.2, 0.25) is 0 Å². The Labute approximate surface area is 91.2 Å². The summed E-state index contributed by atoms with van der Waals surface area (Å²) in [5.74, 6) is 1.05. The van der Waals surface area contributed by atoms with E-state index in [0.717, 1.165) is 18.6 Å². The monoisotopic (exact) mass is 217 g/mol. The van der Waals surface area contributed by atoms with Gasteiger partial charge in [-0.2, -0.15) is 12.6 Å². The van der Waals surface area contributed by atoms with E-state index in [1.165, 1.54) is 0 Å². The molecule has 0 aromatic rings. The van der Waals surface area contributed by atoms with E-state index < -0.39 is 0 Å². The lowest BCUT2D eigenvalue weighted by Crippen LogP contribution is -2.32. The number of carbonyl (C=O) groups excluding carboxylic acids is 1. The lowest BCUT2D eigenvalue weighted by atomic mass is 10.0. The molecular formula is C10H19NO2S. The van der Waals surface area contributed by atoms with Crippen LogP contribution in [0.5, 0.6) is 0 Å². The van der Waals surface area contributed by atoms with E-state index in [9.17, 15) is 4.79 Å². The molecule has 0 aromatic carbocycles. The van der Waals surface area contributed by atoms with Gasteiger partial charge in [-0.1, -0.05) is 0 Å². The minimum atomic E-state index is 0.216. The van der Waals surface area contributed by atoms with Gasteiger partial charge in [0, 0.05) is 27.1 Å². The van der Waals surface area contributed by atoms with E-state index >= 15 is 0 Å². The van der Waals surface area contributed by atoms with Crippen molar-refractivity contribution in [3.8, 4) is 0 Å². The summed E-state index contributed by atoms with van der Waals surface area (Å²) in [6.45, 7) is 1.29. The van der Waals surface area contributed by atoms with Crippen LogP contribution < -0.4 is 0 Å². The average Bonchev–Trinajstić information content (AvgIpc) is 2.94. The minimum absolute atomic E-state index is 0.216. The van der Waals surface area contributed by atoms with Crippen LogP contribution in [-0.2, 0) is 9.53 Å². The number of hydrogen-bond acceptors (Lipinski definition) is 3. The van der Waals surface area contributed by atoms with E-state index in [1.807, 2.05) is 7.05 Å². The van der Waals surface area contributed by atoms with Crippen molar-refractivity contribution in [3.63, 3.8) is 0 Å². The highest BCUT2D eigenvalue weighted by molar-refractivity contribution is 7.80. The van der Waals surface area contributed by atoms with Crippen molar-refractivity contribution in [2.75, 3.05) is 33.1 Å². The molecule has 0 bridgehead atoms. The van der Waals surface area contributed by atoms with Gasteiger partial charge in [0.2, 0.25) is 5.91 Å². The van der Waals surface area contributed by atoms with E-state index in [4.69, 9.17) is 4.74 Å². The Hall–Kier alpha value is -0.220. The maximum atomic E-state index is 11.7. The van der Waals surface area contributed by atoms with E-state index in [-0.39, 0.29) is 11.3 Å². The van der Waals surface area contributed by atoms with Crippen LogP contribution in [0, 0.1) is 5.41 Å². The standard InChI is InChI=1S/C10H19NO2S/c1-11(5-6-13-2)9(12)7-10(8-14)3-4-10/h14H,3-8H2,1-2H3. The molecule has 0 unspecified atom stereocenters.